The molecule has 0 bridgehead atoms. The van der Waals surface area contributed by atoms with Crippen LogP contribution in [0.5, 0.6) is 0 Å². The van der Waals surface area contributed by atoms with E-state index in [0.717, 1.165) is 37.1 Å². The van der Waals surface area contributed by atoms with Crippen molar-refractivity contribution in [2.24, 2.45) is 5.92 Å². The van der Waals surface area contributed by atoms with Crippen molar-refractivity contribution in [3.8, 4) is 0 Å². The highest BCUT2D eigenvalue weighted by molar-refractivity contribution is 7.89. The standard InChI is InChI=1S/C19H26N4O3S2/c1-14(2)13-17-21-22-19(27-17)20-18(24)15-7-9-16(10-8-15)28(25,26)23-11-5-3-4-6-12-23/h7-10,14H,3-6,11-13H2,1-2H3,(H,20,22,24). The lowest BCUT2D eigenvalue weighted by Crippen LogP contribution is -2.31. The number of benzene rings is 1. The summed E-state index contributed by atoms with van der Waals surface area (Å²) in [7, 11) is -3.51. The van der Waals surface area contributed by atoms with Gasteiger partial charge >= 0.3 is 0 Å². The van der Waals surface area contributed by atoms with E-state index in [1.54, 1.807) is 4.31 Å². The smallest absolute Gasteiger partial charge is 0.257 e. The lowest BCUT2D eigenvalue weighted by atomic mass is 10.1. The number of anilines is 1. The fraction of sp³-hybridized carbons (Fsp3) is 0.526. The van der Waals surface area contributed by atoms with Crippen molar-refractivity contribution in [2.45, 2.75) is 50.8 Å². The molecule has 0 spiro atoms. The zero-order chi connectivity index (χ0) is 20.1. The summed E-state index contributed by atoms with van der Waals surface area (Å²) in [5, 5.41) is 12.1. The average Bonchev–Trinajstić information content (AvgIpc) is 2.92. The van der Waals surface area contributed by atoms with Gasteiger partial charge in [-0.2, -0.15) is 4.31 Å². The maximum Gasteiger partial charge on any atom is 0.257 e. The van der Waals surface area contributed by atoms with Gasteiger partial charge in [0.15, 0.2) is 0 Å². The Hall–Kier alpha value is -1.84. The summed E-state index contributed by atoms with van der Waals surface area (Å²) >= 11 is 1.36. The Balaban J connectivity index is 1.67. The topological polar surface area (TPSA) is 92.3 Å². The Morgan fingerprint density at radius 1 is 1.11 bits per heavy atom. The second-order valence-electron chi connectivity index (χ2n) is 7.40. The maximum atomic E-state index is 12.8. The molecule has 1 fully saturated rings. The predicted octanol–water partition coefficient (Wildman–Crippen LogP) is 3.55. The lowest BCUT2D eigenvalue weighted by Gasteiger charge is -2.20. The second kappa shape index (κ2) is 9.11. The number of nitrogens with zero attached hydrogens (tertiary/aromatic N) is 3. The van der Waals surface area contributed by atoms with Crippen LogP contribution in [0.2, 0.25) is 0 Å². The van der Waals surface area contributed by atoms with Gasteiger partial charge in [0.2, 0.25) is 15.2 Å². The number of amides is 1. The number of nitrogens with one attached hydrogen (secondary N) is 1. The molecule has 9 heteroatoms. The number of carbonyl (C=O) groups is 1. The minimum absolute atomic E-state index is 0.223. The third-order valence-electron chi connectivity index (χ3n) is 4.59. The quantitative estimate of drug-likeness (QED) is 0.768. The zero-order valence-electron chi connectivity index (χ0n) is 16.2. The van der Waals surface area contributed by atoms with Gasteiger partial charge in [-0.15, -0.1) is 10.2 Å². The highest BCUT2D eigenvalue weighted by atomic mass is 32.2. The predicted molar refractivity (Wildman–Crippen MR) is 110 cm³/mol. The molecule has 28 heavy (non-hydrogen) atoms. The molecule has 0 unspecified atom stereocenters. The van der Waals surface area contributed by atoms with Crippen LogP contribution in [-0.2, 0) is 16.4 Å². The van der Waals surface area contributed by atoms with Crippen LogP contribution >= 0.6 is 11.3 Å². The second-order valence-corrected chi connectivity index (χ2v) is 10.4. The van der Waals surface area contributed by atoms with E-state index >= 15 is 0 Å². The minimum Gasteiger partial charge on any atom is -0.296 e. The van der Waals surface area contributed by atoms with Gasteiger partial charge in [-0.25, -0.2) is 8.42 Å². The Morgan fingerprint density at radius 2 is 1.75 bits per heavy atom. The summed E-state index contributed by atoms with van der Waals surface area (Å²) in [5.74, 6) is 0.140. The molecule has 7 nitrogen and oxygen atoms in total. The van der Waals surface area contributed by atoms with E-state index in [9.17, 15) is 13.2 Å². The maximum absolute atomic E-state index is 12.8. The summed E-state index contributed by atoms with van der Waals surface area (Å²) in [5.41, 5.74) is 0.385. The number of hydrogen-bond acceptors (Lipinski definition) is 6. The number of sulfonamides is 1. The third kappa shape index (κ3) is 5.15. The molecule has 3 rings (SSSR count). The van der Waals surface area contributed by atoms with Crippen molar-refractivity contribution >= 4 is 32.4 Å². The average molecular weight is 423 g/mol. The van der Waals surface area contributed by atoms with Crippen molar-refractivity contribution in [3.63, 3.8) is 0 Å². The molecule has 2 heterocycles. The summed E-state index contributed by atoms with van der Waals surface area (Å²) in [6, 6.07) is 6.07. The first kappa shape index (κ1) is 20.9. The molecule has 1 saturated heterocycles. The summed E-state index contributed by atoms with van der Waals surface area (Å²) in [6.45, 7) is 5.31. The van der Waals surface area contributed by atoms with Gasteiger partial charge in [-0.05, 0) is 43.0 Å². The fourth-order valence-corrected chi connectivity index (χ4v) is 5.58. The van der Waals surface area contributed by atoms with Crippen molar-refractivity contribution < 1.29 is 13.2 Å². The summed E-state index contributed by atoms with van der Waals surface area (Å²) < 4.78 is 27.2. The molecular weight excluding hydrogens is 396 g/mol. The number of carbonyl (C=O) groups excluding carboxylic acids is 1. The summed E-state index contributed by atoms with van der Waals surface area (Å²) in [4.78, 5) is 12.6. The van der Waals surface area contributed by atoms with Gasteiger partial charge in [0, 0.05) is 25.1 Å². The number of aromatic nitrogens is 2. The van der Waals surface area contributed by atoms with E-state index in [4.69, 9.17) is 0 Å². The molecule has 0 aliphatic carbocycles. The molecule has 1 aromatic carbocycles. The largest absolute Gasteiger partial charge is 0.296 e. The normalized spacial score (nSPS) is 16.1. The van der Waals surface area contributed by atoms with Crippen molar-refractivity contribution in [1.82, 2.24) is 14.5 Å². The first-order chi connectivity index (χ1) is 13.4. The van der Waals surface area contributed by atoms with Crippen LogP contribution in [-0.4, -0.2) is 41.9 Å². The lowest BCUT2D eigenvalue weighted by molar-refractivity contribution is 0.102. The minimum atomic E-state index is -3.51. The first-order valence-corrected chi connectivity index (χ1v) is 11.9. The Labute approximate surface area is 170 Å². The molecule has 2 aromatic rings. The van der Waals surface area contributed by atoms with Gasteiger partial charge in [-0.3, -0.25) is 10.1 Å². The molecule has 1 amide bonds. The van der Waals surface area contributed by atoms with E-state index in [1.807, 2.05) is 0 Å². The van der Waals surface area contributed by atoms with Crippen LogP contribution in [0.15, 0.2) is 29.2 Å². The Kier molecular flexibility index (Phi) is 6.79. The van der Waals surface area contributed by atoms with E-state index in [2.05, 4.69) is 29.4 Å². The Morgan fingerprint density at radius 3 is 2.36 bits per heavy atom. The number of rotatable bonds is 6. The van der Waals surface area contributed by atoms with Crippen molar-refractivity contribution in [1.29, 1.82) is 0 Å². The van der Waals surface area contributed by atoms with Crippen LogP contribution in [0.3, 0.4) is 0 Å². The third-order valence-corrected chi connectivity index (χ3v) is 7.36. The molecule has 1 aromatic heterocycles. The molecule has 0 atom stereocenters. The molecule has 0 saturated carbocycles. The van der Waals surface area contributed by atoms with Gasteiger partial charge in [0.25, 0.3) is 5.91 Å². The van der Waals surface area contributed by atoms with Crippen LogP contribution < -0.4 is 5.32 Å². The molecular formula is C19H26N4O3S2. The van der Waals surface area contributed by atoms with Gasteiger partial charge in [0.1, 0.15) is 5.01 Å². The molecule has 1 aliphatic heterocycles. The fourth-order valence-electron chi connectivity index (χ4n) is 3.11. The first-order valence-electron chi connectivity index (χ1n) is 9.60. The number of hydrogen-bond donors (Lipinski definition) is 1. The molecule has 1 N–H and O–H groups in total. The zero-order valence-corrected chi connectivity index (χ0v) is 17.9. The van der Waals surface area contributed by atoms with E-state index < -0.39 is 10.0 Å². The highest BCUT2D eigenvalue weighted by Gasteiger charge is 2.25. The SMILES string of the molecule is CC(C)Cc1nnc(NC(=O)c2ccc(S(=O)(=O)N3CCCCCC3)cc2)s1. The molecule has 1 aliphatic rings. The van der Waals surface area contributed by atoms with Crippen molar-refractivity contribution in [2.75, 3.05) is 18.4 Å². The van der Waals surface area contributed by atoms with E-state index in [-0.39, 0.29) is 10.8 Å². The molecule has 0 radical (unpaired) electrons. The van der Waals surface area contributed by atoms with E-state index in [0.29, 0.717) is 29.7 Å². The van der Waals surface area contributed by atoms with Gasteiger partial charge in [0.05, 0.1) is 4.90 Å². The van der Waals surface area contributed by atoms with Crippen LogP contribution in [0, 0.1) is 5.92 Å². The van der Waals surface area contributed by atoms with E-state index in [1.165, 1.54) is 35.6 Å². The van der Waals surface area contributed by atoms with Crippen molar-refractivity contribution in [3.05, 3.63) is 34.8 Å². The van der Waals surface area contributed by atoms with Crippen LogP contribution in [0.25, 0.3) is 0 Å². The van der Waals surface area contributed by atoms with Crippen LogP contribution in [0.4, 0.5) is 5.13 Å². The summed E-state index contributed by atoms with van der Waals surface area (Å²) in [6.07, 6.45) is 4.72. The van der Waals surface area contributed by atoms with Gasteiger partial charge < -0.3 is 0 Å². The van der Waals surface area contributed by atoms with Gasteiger partial charge in [-0.1, -0.05) is 38.0 Å². The monoisotopic (exact) mass is 422 g/mol. The highest BCUT2D eigenvalue weighted by Crippen LogP contribution is 2.22. The van der Waals surface area contributed by atoms with Crippen LogP contribution in [0.1, 0.15) is 54.9 Å². The molecule has 152 valence electrons. The Bertz CT molecular complexity index is 900.